The minimum Gasteiger partial charge on any atom is -0.301 e. The molecule has 0 aromatic carbocycles. The average molecular weight is 193 g/mol. The number of nitrogens with zero attached hydrogens (tertiary/aromatic N) is 3. The summed E-state index contributed by atoms with van der Waals surface area (Å²) in [5, 5.41) is 4.46. The van der Waals surface area contributed by atoms with E-state index in [-0.39, 0.29) is 0 Å². The van der Waals surface area contributed by atoms with Crippen LogP contribution in [-0.2, 0) is 6.54 Å². The Balaban J connectivity index is 1.85. The summed E-state index contributed by atoms with van der Waals surface area (Å²) in [4.78, 5) is 2.52. The van der Waals surface area contributed by atoms with Crippen molar-refractivity contribution in [2.24, 2.45) is 0 Å². The van der Waals surface area contributed by atoms with Crippen LogP contribution in [-0.4, -0.2) is 34.3 Å². The van der Waals surface area contributed by atoms with Crippen molar-refractivity contribution in [3.63, 3.8) is 0 Å². The number of hydrogen-bond acceptors (Lipinski definition) is 2. The second-order valence-electron chi connectivity index (χ2n) is 4.21. The minimum absolute atomic E-state index is 1.04. The van der Waals surface area contributed by atoms with Crippen LogP contribution in [0.3, 0.4) is 0 Å². The zero-order chi connectivity index (χ0) is 9.97. The molecule has 2 rings (SSSR count). The second kappa shape index (κ2) is 4.13. The Hall–Kier alpha value is -0.830. The summed E-state index contributed by atoms with van der Waals surface area (Å²) < 4.78 is 2.07. The van der Waals surface area contributed by atoms with Gasteiger partial charge in [0.2, 0.25) is 0 Å². The van der Waals surface area contributed by atoms with Gasteiger partial charge in [-0.15, -0.1) is 0 Å². The molecule has 0 bridgehead atoms. The quantitative estimate of drug-likeness (QED) is 0.727. The SMILES string of the molecule is Cc1cn(CCN2CCCC2)nc1C. The Morgan fingerprint density at radius 2 is 1.93 bits per heavy atom. The molecule has 0 N–H and O–H groups in total. The molecule has 1 aliphatic rings. The summed E-state index contributed by atoms with van der Waals surface area (Å²) in [5.74, 6) is 0. The molecular formula is C11H19N3. The van der Waals surface area contributed by atoms with Crippen LogP contribution in [0.1, 0.15) is 24.1 Å². The van der Waals surface area contributed by atoms with Gasteiger partial charge in [-0.2, -0.15) is 5.10 Å². The molecule has 1 aliphatic heterocycles. The van der Waals surface area contributed by atoms with Gasteiger partial charge in [0.05, 0.1) is 12.2 Å². The number of likely N-dealkylation sites (tertiary alicyclic amines) is 1. The molecule has 3 heteroatoms. The fraction of sp³-hybridized carbons (Fsp3) is 0.727. The van der Waals surface area contributed by atoms with Crippen molar-refractivity contribution in [2.45, 2.75) is 33.2 Å². The molecule has 1 aromatic rings. The Kier molecular flexibility index (Phi) is 2.87. The first-order valence-corrected chi connectivity index (χ1v) is 5.49. The Morgan fingerprint density at radius 1 is 1.21 bits per heavy atom. The zero-order valence-corrected chi connectivity index (χ0v) is 9.16. The molecule has 1 fully saturated rings. The number of aromatic nitrogens is 2. The van der Waals surface area contributed by atoms with Gasteiger partial charge in [-0.3, -0.25) is 4.68 Å². The third kappa shape index (κ3) is 2.15. The summed E-state index contributed by atoms with van der Waals surface area (Å²) >= 11 is 0. The van der Waals surface area contributed by atoms with Gasteiger partial charge >= 0.3 is 0 Å². The van der Waals surface area contributed by atoms with Crippen LogP contribution in [0.15, 0.2) is 6.20 Å². The standard InChI is InChI=1S/C11H19N3/c1-10-9-14(12-11(10)2)8-7-13-5-3-4-6-13/h9H,3-8H2,1-2H3. The molecule has 2 heterocycles. The van der Waals surface area contributed by atoms with E-state index in [1.54, 1.807) is 0 Å². The first-order valence-electron chi connectivity index (χ1n) is 5.49. The maximum absolute atomic E-state index is 4.46. The fourth-order valence-electron chi connectivity index (χ4n) is 1.98. The number of aryl methyl sites for hydroxylation is 2. The number of hydrogen-bond donors (Lipinski definition) is 0. The van der Waals surface area contributed by atoms with Crippen LogP contribution in [0, 0.1) is 13.8 Å². The van der Waals surface area contributed by atoms with E-state index >= 15 is 0 Å². The van der Waals surface area contributed by atoms with Gasteiger partial charge in [-0.25, -0.2) is 0 Å². The van der Waals surface area contributed by atoms with Crippen molar-refractivity contribution >= 4 is 0 Å². The van der Waals surface area contributed by atoms with E-state index in [0.29, 0.717) is 0 Å². The maximum atomic E-state index is 4.46. The molecule has 1 saturated heterocycles. The summed E-state index contributed by atoms with van der Waals surface area (Å²) in [6, 6.07) is 0. The summed E-state index contributed by atoms with van der Waals surface area (Å²) in [6.45, 7) is 8.93. The van der Waals surface area contributed by atoms with E-state index in [1.807, 2.05) is 0 Å². The van der Waals surface area contributed by atoms with E-state index in [2.05, 4.69) is 34.7 Å². The van der Waals surface area contributed by atoms with Crippen molar-refractivity contribution in [2.75, 3.05) is 19.6 Å². The van der Waals surface area contributed by atoms with Crippen molar-refractivity contribution in [3.05, 3.63) is 17.5 Å². The fourth-order valence-corrected chi connectivity index (χ4v) is 1.98. The van der Waals surface area contributed by atoms with Gasteiger partial charge in [-0.1, -0.05) is 0 Å². The largest absolute Gasteiger partial charge is 0.301 e. The molecule has 3 nitrogen and oxygen atoms in total. The van der Waals surface area contributed by atoms with Crippen LogP contribution >= 0.6 is 0 Å². The highest BCUT2D eigenvalue weighted by Crippen LogP contribution is 2.08. The lowest BCUT2D eigenvalue weighted by atomic mass is 10.3. The first kappa shape index (κ1) is 9.71. The van der Waals surface area contributed by atoms with Gasteiger partial charge in [0.1, 0.15) is 0 Å². The van der Waals surface area contributed by atoms with Crippen molar-refractivity contribution in [1.29, 1.82) is 0 Å². The van der Waals surface area contributed by atoms with Crippen LogP contribution < -0.4 is 0 Å². The zero-order valence-electron chi connectivity index (χ0n) is 9.16. The molecule has 0 radical (unpaired) electrons. The lowest BCUT2D eigenvalue weighted by Gasteiger charge is -2.13. The lowest BCUT2D eigenvalue weighted by Crippen LogP contribution is -2.24. The normalized spacial score (nSPS) is 17.9. The van der Waals surface area contributed by atoms with Crippen LogP contribution in [0.2, 0.25) is 0 Å². The van der Waals surface area contributed by atoms with Gasteiger partial charge in [0.15, 0.2) is 0 Å². The minimum atomic E-state index is 1.04. The van der Waals surface area contributed by atoms with Crippen LogP contribution in [0.4, 0.5) is 0 Å². The average Bonchev–Trinajstić information content (AvgIpc) is 2.74. The first-order chi connectivity index (χ1) is 6.75. The third-order valence-corrected chi connectivity index (χ3v) is 3.04. The molecule has 0 saturated carbocycles. The van der Waals surface area contributed by atoms with Crippen molar-refractivity contribution in [1.82, 2.24) is 14.7 Å². The molecular weight excluding hydrogens is 174 g/mol. The summed E-state index contributed by atoms with van der Waals surface area (Å²) in [5.41, 5.74) is 2.46. The molecule has 0 spiro atoms. The monoisotopic (exact) mass is 193 g/mol. The maximum Gasteiger partial charge on any atom is 0.0622 e. The topological polar surface area (TPSA) is 21.1 Å². The molecule has 1 aromatic heterocycles. The van der Waals surface area contributed by atoms with Gasteiger partial charge in [-0.05, 0) is 45.3 Å². The molecule has 14 heavy (non-hydrogen) atoms. The van der Waals surface area contributed by atoms with Crippen LogP contribution in [0.25, 0.3) is 0 Å². The van der Waals surface area contributed by atoms with Gasteiger partial charge in [0.25, 0.3) is 0 Å². The molecule has 0 unspecified atom stereocenters. The Bertz CT molecular complexity index is 278. The van der Waals surface area contributed by atoms with Gasteiger partial charge in [0, 0.05) is 12.7 Å². The van der Waals surface area contributed by atoms with Gasteiger partial charge < -0.3 is 4.90 Å². The highest BCUT2D eigenvalue weighted by Gasteiger charge is 2.11. The Labute approximate surface area is 85.7 Å². The molecule has 0 aliphatic carbocycles. The predicted molar refractivity (Wildman–Crippen MR) is 57.4 cm³/mol. The smallest absolute Gasteiger partial charge is 0.0622 e. The molecule has 78 valence electrons. The summed E-state index contributed by atoms with van der Waals surface area (Å²) in [7, 11) is 0. The van der Waals surface area contributed by atoms with Crippen LogP contribution in [0.5, 0.6) is 0 Å². The van der Waals surface area contributed by atoms with E-state index in [1.165, 1.54) is 31.5 Å². The Morgan fingerprint density at radius 3 is 2.50 bits per heavy atom. The second-order valence-corrected chi connectivity index (χ2v) is 4.21. The molecule has 0 atom stereocenters. The summed E-state index contributed by atoms with van der Waals surface area (Å²) in [6.07, 6.45) is 4.89. The molecule has 0 amide bonds. The predicted octanol–water partition coefficient (Wildman–Crippen LogP) is 1.60. The van der Waals surface area contributed by atoms with E-state index < -0.39 is 0 Å². The lowest BCUT2D eigenvalue weighted by molar-refractivity contribution is 0.315. The highest BCUT2D eigenvalue weighted by molar-refractivity contribution is 5.12. The van der Waals surface area contributed by atoms with Crippen molar-refractivity contribution < 1.29 is 0 Å². The van der Waals surface area contributed by atoms with E-state index in [0.717, 1.165) is 18.8 Å². The van der Waals surface area contributed by atoms with E-state index in [4.69, 9.17) is 0 Å². The third-order valence-electron chi connectivity index (χ3n) is 3.04. The van der Waals surface area contributed by atoms with E-state index in [9.17, 15) is 0 Å². The van der Waals surface area contributed by atoms with Crippen molar-refractivity contribution in [3.8, 4) is 0 Å². The highest BCUT2D eigenvalue weighted by atomic mass is 15.3. The number of rotatable bonds is 3.